The monoisotopic (exact) mass is 322 g/mol. The van der Waals surface area contributed by atoms with Gasteiger partial charge in [-0.1, -0.05) is 23.7 Å². The lowest BCUT2D eigenvalue weighted by Crippen LogP contribution is -2.53. The average Bonchev–Trinajstić information content (AvgIpc) is 3.05. The molecule has 2 aliphatic heterocycles. The molecule has 2 saturated heterocycles. The zero-order chi connectivity index (χ0) is 15.7. The van der Waals surface area contributed by atoms with Crippen LogP contribution in [0.1, 0.15) is 24.4 Å². The highest BCUT2D eigenvalue weighted by Gasteiger charge is 2.42. The van der Waals surface area contributed by atoms with E-state index in [4.69, 9.17) is 16.3 Å². The number of carbonyl (C=O) groups excluding carboxylic acids is 2. The van der Waals surface area contributed by atoms with Crippen molar-refractivity contribution in [1.29, 1.82) is 0 Å². The molecule has 0 unspecified atom stereocenters. The largest absolute Gasteiger partial charge is 0.356 e. The number of likely N-dealkylation sites (tertiary alicyclic amines) is 1. The predicted molar refractivity (Wildman–Crippen MR) is 82.5 cm³/mol. The van der Waals surface area contributed by atoms with Gasteiger partial charge < -0.3 is 14.5 Å². The van der Waals surface area contributed by atoms with Crippen molar-refractivity contribution in [3.63, 3.8) is 0 Å². The van der Waals surface area contributed by atoms with Crippen LogP contribution in [0.25, 0.3) is 0 Å². The number of hydrogen-bond acceptors (Lipinski definition) is 3. The Morgan fingerprint density at radius 2 is 1.86 bits per heavy atom. The summed E-state index contributed by atoms with van der Waals surface area (Å²) in [4.78, 5) is 28.2. The average molecular weight is 323 g/mol. The Kier molecular flexibility index (Phi) is 4.36. The van der Waals surface area contributed by atoms with Gasteiger partial charge >= 0.3 is 0 Å². The standard InChI is InChI=1S/C16H19ClN2O3/c1-18-13(20)10-22-15(16(21)19-8-2-3-9-19)14(18)11-4-6-12(17)7-5-11/h4-7,14-15H,2-3,8-10H2,1H3/t14-,15+/m1/s1. The number of carbonyl (C=O) groups is 2. The van der Waals surface area contributed by atoms with Crippen LogP contribution in [0.15, 0.2) is 24.3 Å². The quantitative estimate of drug-likeness (QED) is 0.835. The Labute approximate surface area is 134 Å². The molecule has 2 aliphatic rings. The van der Waals surface area contributed by atoms with Gasteiger partial charge in [0.15, 0.2) is 6.10 Å². The van der Waals surface area contributed by atoms with Crippen molar-refractivity contribution in [2.45, 2.75) is 25.0 Å². The topological polar surface area (TPSA) is 49.9 Å². The van der Waals surface area contributed by atoms with Gasteiger partial charge in [-0.2, -0.15) is 0 Å². The molecule has 0 spiro atoms. The molecule has 2 atom stereocenters. The molecule has 1 aromatic rings. The fourth-order valence-corrected chi connectivity index (χ4v) is 3.22. The summed E-state index contributed by atoms with van der Waals surface area (Å²) in [6.07, 6.45) is 1.40. The lowest BCUT2D eigenvalue weighted by atomic mass is 9.97. The van der Waals surface area contributed by atoms with Crippen LogP contribution >= 0.6 is 11.6 Å². The molecule has 2 amide bonds. The fraction of sp³-hybridized carbons (Fsp3) is 0.500. The van der Waals surface area contributed by atoms with Crippen molar-refractivity contribution >= 4 is 23.4 Å². The van der Waals surface area contributed by atoms with Crippen LogP contribution in [0, 0.1) is 0 Å². The number of likely N-dealkylation sites (N-methyl/N-ethyl adjacent to an activating group) is 1. The van der Waals surface area contributed by atoms with Crippen molar-refractivity contribution in [3.05, 3.63) is 34.9 Å². The van der Waals surface area contributed by atoms with Crippen LogP contribution in [-0.4, -0.2) is 54.5 Å². The lowest BCUT2D eigenvalue weighted by molar-refractivity contribution is -0.166. The molecule has 6 heteroatoms. The number of hydrogen-bond donors (Lipinski definition) is 0. The third-order valence-electron chi connectivity index (χ3n) is 4.36. The van der Waals surface area contributed by atoms with Crippen molar-refractivity contribution in [2.75, 3.05) is 26.7 Å². The summed E-state index contributed by atoms with van der Waals surface area (Å²) >= 11 is 5.93. The zero-order valence-electron chi connectivity index (χ0n) is 12.5. The van der Waals surface area contributed by atoms with E-state index in [-0.39, 0.29) is 18.4 Å². The van der Waals surface area contributed by atoms with E-state index < -0.39 is 12.1 Å². The van der Waals surface area contributed by atoms with Crippen LogP contribution in [0.2, 0.25) is 5.02 Å². The van der Waals surface area contributed by atoms with Crippen LogP contribution in [-0.2, 0) is 14.3 Å². The van der Waals surface area contributed by atoms with Crippen LogP contribution in [0.5, 0.6) is 0 Å². The summed E-state index contributed by atoms with van der Waals surface area (Å²) in [5.74, 6) is -0.151. The van der Waals surface area contributed by atoms with Crippen molar-refractivity contribution in [1.82, 2.24) is 9.80 Å². The molecule has 0 radical (unpaired) electrons. The van der Waals surface area contributed by atoms with Crippen molar-refractivity contribution in [2.24, 2.45) is 0 Å². The molecule has 0 bridgehead atoms. The Hall–Kier alpha value is -1.59. The molecule has 2 fully saturated rings. The van der Waals surface area contributed by atoms with E-state index in [0.29, 0.717) is 5.02 Å². The first kappa shape index (κ1) is 15.3. The number of morpholine rings is 1. The molecule has 0 saturated carbocycles. The number of nitrogens with zero attached hydrogens (tertiary/aromatic N) is 2. The Morgan fingerprint density at radius 1 is 1.23 bits per heavy atom. The van der Waals surface area contributed by atoms with Gasteiger partial charge in [-0.25, -0.2) is 0 Å². The number of rotatable bonds is 2. The Balaban J connectivity index is 1.90. The molecule has 118 valence electrons. The first-order chi connectivity index (χ1) is 10.6. The van der Waals surface area contributed by atoms with Gasteiger partial charge in [0.1, 0.15) is 6.61 Å². The first-order valence-corrected chi connectivity index (χ1v) is 7.87. The van der Waals surface area contributed by atoms with Crippen LogP contribution in [0.3, 0.4) is 0 Å². The number of benzene rings is 1. The molecule has 22 heavy (non-hydrogen) atoms. The molecular formula is C16H19ClN2O3. The maximum Gasteiger partial charge on any atom is 0.254 e. The Morgan fingerprint density at radius 3 is 2.50 bits per heavy atom. The highest BCUT2D eigenvalue weighted by atomic mass is 35.5. The normalized spacial score (nSPS) is 25.6. The second-order valence-corrected chi connectivity index (χ2v) is 6.20. The van der Waals surface area contributed by atoms with E-state index in [1.54, 1.807) is 24.1 Å². The first-order valence-electron chi connectivity index (χ1n) is 7.49. The molecular weight excluding hydrogens is 304 g/mol. The van der Waals surface area contributed by atoms with Gasteiger partial charge in [-0.15, -0.1) is 0 Å². The molecule has 5 nitrogen and oxygen atoms in total. The summed E-state index contributed by atoms with van der Waals surface area (Å²) in [6.45, 7) is 1.48. The van der Waals surface area contributed by atoms with E-state index in [1.165, 1.54) is 0 Å². The number of halogens is 1. The van der Waals surface area contributed by atoms with Gasteiger partial charge in [0.2, 0.25) is 5.91 Å². The van der Waals surface area contributed by atoms with Gasteiger partial charge in [0, 0.05) is 25.2 Å². The van der Waals surface area contributed by atoms with Crippen LogP contribution < -0.4 is 0 Å². The SMILES string of the molecule is CN1C(=O)CO[C@H](C(=O)N2CCCC2)[C@H]1c1ccc(Cl)cc1. The predicted octanol–water partition coefficient (Wildman–Crippen LogP) is 1.86. The highest BCUT2D eigenvalue weighted by Crippen LogP contribution is 2.31. The van der Waals surface area contributed by atoms with E-state index >= 15 is 0 Å². The summed E-state index contributed by atoms with van der Waals surface area (Å²) in [5.41, 5.74) is 0.859. The summed E-state index contributed by atoms with van der Waals surface area (Å²) in [7, 11) is 1.72. The van der Waals surface area contributed by atoms with E-state index in [0.717, 1.165) is 31.5 Å². The number of ether oxygens (including phenoxy) is 1. The minimum absolute atomic E-state index is 0.0307. The third kappa shape index (κ3) is 2.83. The maximum atomic E-state index is 12.7. The summed E-state index contributed by atoms with van der Waals surface area (Å²) in [6, 6.07) is 6.81. The van der Waals surface area contributed by atoms with E-state index in [2.05, 4.69) is 0 Å². The van der Waals surface area contributed by atoms with Gasteiger partial charge in [0.05, 0.1) is 6.04 Å². The molecule has 3 rings (SSSR count). The van der Waals surface area contributed by atoms with E-state index in [9.17, 15) is 9.59 Å². The van der Waals surface area contributed by atoms with Crippen molar-refractivity contribution in [3.8, 4) is 0 Å². The summed E-state index contributed by atoms with van der Waals surface area (Å²) < 4.78 is 5.62. The summed E-state index contributed by atoms with van der Waals surface area (Å²) in [5, 5.41) is 0.622. The van der Waals surface area contributed by atoms with Gasteiger partial charge in [0.25, 0.3) is 5.91 Å². The fourth-order valence-electron chi connectivity index (χ4n) is 3.09. The third-order valence-corrected chi connectivity index (χ3v) is 4.61. The Bertz CT molecular complexity index is 569. The maximum absolute atomic E-state index is 12.7. The molecule has 0 aliphatic carbocycles. The van der Waals surface area contributed by atoms with Gasteiger partial charge in [-0.3, -0.25) is 9.59 Å². The van der Waals surface area contributed by atoms with Gasteiger partial charge in [-0.05, 0) is 30.5 Å². The molecule has 0 aromatic heterocycles. The van der Waals surface area contributed by atoms with Crippen LogP contribution in [0.4, 0.5) is 0 Å². The van der Waals surface area contributed by atoms with E-state index in [1.807, 2.05) is 17.0 Å². The molecule has 2 heterocycles. The zero-order valence-corrected chi connectivity index (χ0v) is 13.3. The number of amides is 2. The second-order valence-electron chi connectivity index (χ2n) is 5.77. The minimum atomic E-state index is -0.651. The molecule has 0 N–H and O–H groups in total. The highest BCUT2D eigenvalue weighted by molar-refractivity contribution is 6.30. The lowest BCUT2D eigenvalue weighted by Gasteiger charge is -2.39. The second kappa shape index (κ2) is 6.26. The van der Waals surface area contributed by atoms with Crippen molar-refractivity contribution < 1.29 is 14.3 Å². The smallest absolute Gasteiger partial charge is 0.254 e. The minimum Gasteiger partial charge on any atom is -0.356 e. The molecule has 1 aromatic carbocycles.